The van der Waals surface area contributed by atoms with E-state index in [9.17, 15) is 8.78 Å². The number of nitrogens with zero attached hydrogens (tertiary/aromatic N) is 1. The summed E-state index contributed by atoms with van der Waals surface area (Å²) in [6.45, 7) is 3.14. The molecule has 0 spiro atoms. The Morgan fingerprint density at radius 1 is 1.47 bits per heavy atom. The normalized spacial score (nSPS) is 19.8. The molecule has 0 aromatic heterocycles. The van der Waals surface area contributed by atoms with E-state index in [1.54, 1.807) is 6.07 Å². The van der Waals surface area contributed by atoms with Gasteiger partial charge in [-0.25, -0.2) is 8.78 Å². The Morgan fingerprint density at radius 3 is 2.89 bits per heavy atom. The Hall–Kier alpha value is -1.36. The van der Waals surface area contributed by atoms with Gasteiger partial charge in [-0.15, -0.1) is 0 Å². The molecule has 1 aromatic carbocycles. The van der Waals surface area contributed by atoms with E-state index in [-0.39, 0.29) is 6.04 Å². The molecule has 0 aliphatic carbocycles. The van der Waals surface area contributed by atoms with Crippen molar-refractivity contribution in [3.8, 4) is 5.75 Å². The summed E-state index contributed by atoms with van der Waals surface area (Å²) < 4.78 is 29.3. The zero-order chi connectivity index (χ0) is 13.8. The number of anilines is 1. The van der Waals surface area contributed by atoms with E-state index in [0.717, 1.165) is 37.2 Å². The van der Waals surface area contributed by atoms with Crippen LogP contribution in [0, 0.1) is 6.92 Å². The van der Waals surface area contributed by atoms with E-state index in [0.29, 0.717) is 5.75 Å². The van der Waals surface area contributed by atoms with Crippen molar-refractivity contribution in [3.63, 3.8) is 0 Å². The van der Waals surface area contributed by atoms with Gasteiger partial charge in [-0.2, -0.15) is 0 Å². The molecule has 5 heteroatoms. The number of piperidine rings is 1. The van der Waals surface area contributed by atoms with Crippen LogP contribution in [0.4, 0.5) is 14.5 Å². The highest BCUT2D eigenvalue weighted by molar-refractivity contribution is 5.53. The summed E-state index contributed by atoms with van der Waals surface area (Å²) in [7, 11) is 0. The minimum atomic E-state index is -2.45. The molecule has 1 atom stereocenters. The van der Waals surface area contributed by atoms with E-state index < -0.39 is 13.0 Å². The van der Waals surface area contributed by atoms with Gasteiger partial charge >= 0.3 is 0 Å². The predicted octanol–water partition coefficient (Wildman–Crippen LogP) is 2.57. The van der Waals surface area contributed by atoms with Crippen molar-refractivity contribution in [1.82, 2.24) is 0 Å². The molecule has 1 saturated heterocycles. The highest BCUT2D eigenvalue weighted by Crippen LogP contribution is 2.26. The van der Waals surface area contributed by atoms with Crippen molar-refractivity contribution in [2.75, 3.05) is 24.6 Å². The maximum Gasteiger partial charge on any atom is 0.272 e. The number of rotatable bonds is 4. The Labute approximate surface area is 112 Å². The summed E-state index contributed by atoms with van der Waals surface area (Å²) in [6.07, 6.45) is -0.297. The first-order valence-corrected chi connectivity index (χ1v) is 6.58. The number of hydrogen-bond donors (Lipinski definition) is 1. The van der Waals surface area contributed by atoms with Gasteiger partial charge in [0.2, 0.25) is 0 Å². The largest absolute Gasteiger partial charge is 0.487 e. The van der Waals surface area contributed by atoms with Gasteiger partial charge < -0.3 is 15.4 Å². The summed E-state index contributed by atoms with van der Waals surface area (Å²) in [5.41, 5.74) is 7.91. The maximum atomic E-state index is 12.1. The van der Waals surface area contributed by atoms with Crippen molar-refractivity contribution >= 4 is 5.69 Å². The van der Waals surface area contributed by atoms with Crippen molar-refractivity contribution in [1.29, 1.82) is 0 Å². The Bertz CT molecular complexity index is 426. The Morgan fingerprint density at radius 2 is 2.26 bits per heavy atom. The van der Waals surface area contributed by atoms with Crippen LogP contribution in [-0.4, -0.2) is 32.2 Å². The summed E-state index contributed by atoms with van der Waals surface area (Å²) in [5, 5.41) is 0. The molecule has 3 nitrogen and oxygen atoms in total. The lowest BCUT2D eigenvalue weighted by molar-refractivity contribution is 0.0816. The fourth-order valence-electron chi connectivity index (χ4n) is 2.39. The second-order valence-electron chi connectivity index (χ2n) is 5.00. The van der Waals surface area contributed by atoms with Crippen molar-refractivity contribution in [3.05, 3.63) is 23.8 Å². The number of aryl methyl sites for hydroxylation is 1. The van der Waals surface area contributed by atoms with Crippen molar-refractivity contribution in [2.45, 2.75) is 32.2 Å². The molecule has 19 heavy (non-hydrogen) atoms. The molecule has 0 amide bonds. The van der Waals surface area contributed by atoms with E-state index in [1.165, 1.54) is 0 Å². The summed E-state index contributed by atoms with van der Waals surface area (Å²) >= 11 is 0. The Balaban J connectivity index is 2.05. The highest BCUT2D eigenvalue weighted by atomic mass is 19.3. The lowest BCUT2D eigenvalue weighted by atomic mass is 10.1. The third-order valence-electron chi connectivity index (χ3n) is 3.35. The molecule has 1 aromatic rings. The lowest BCUT2D eigenvalue weighted by Crippen LogP contribution is -2.42. The Kier molecular flexibility index (Phi) is 4.58. The molecule has 1 fully saturated rings. The predicted molar refractivity (Wildman–Crippen MR) is 72.1 cm³/mol. The van der Waals surface area contributed by atoms with Crippen LogP contribution in [-0.2, 0) is 0 Å². The maximum absolute atomic E-state index is 12.1. The zero-order valence-electron chi connectivity index (χ0n) is 11.1. The first-order chi connectivity index (χ1) is 9.06. The van der Waals surface area contributed by atoms with Gasteiger partial charge in [-0.3, -0.25) is 0 Å². The summed E-state index contributed by atoms with van der Waals surface area (Å²) in [5.74, 6) is 0.519. The molecular weight excluding hydrogens is 250 g/mol. The molecule has 2 rings (SSSR count). The number of benzene rings is 1. The second kappa shape index (κ2) is 6.19. The number of halogens is 2. The standard InChI is InChI=1S/C14H20F2N2O/c1-10-7-12(18-6-2-3-11(17)8-18)4-5-13(10)19-9-14(15)16/h4-5,7,11,14H,2-3,6,8-9,17H2,1H3. The molecule has 1 unspecified atom stereocenters. The van der Waals surface area contributed by atoms with Gasteiger partial charge in [0.25, 0.3) is 6.43 Å². The molecule has 0 saturated carbocycles. The third-order valence-corrected chi connectivity index (χ3v) is 3.35. The second-order valence-corrected chi connectivity index (χ2v) is 5.00. The molecule has 2 N–H and O–H groups in total. The van der Waals surface area contributed by atoms with Gasteiger partial charge in [-0.1, -0.05) is 0 Å². The van der Waals surface area contributed by atoms with Crippen LogP contribution in [0.3, 0.4) is 0 Å². The average molecular weight is 270 g/mol. The van der Waals surface area contributed by atoms with E-state index in [2.05, 4.69) is 4.90 Å². The first-order valence-electron chi connectivity index (χ1n) is 6.58. The molecular formula is C14H20F2N2O. The molecule has 106 valence electrons. The van der Waals surface area contributed by atoms with Crippen molar-refractivity contribution in [2.24, 2.45) is 5.73 Å². The van der Waals surface area contributed by atoms with E-state index in [1.807, 2.05) is 19.1 Å². The lowest BCUT2D eigenvalue weighted by Gasteiger charge is -2.33. The molecule has 1 aliphatic heterocycles. The van der Waals surface area contributed by atoms with Gasteiger partial charge in [0, 0.05) is 24.8 Å². The smallest absolute Gasteiger partial charge is 0.272 e. The van der Waals surface area contributed by atoms with Crippen LogP contribution in [0.25, 0.3) is 0 Å². The summed E-state index contributed by atoms with van der Waals surface area (Å²) in [6, 6.07) is 5.85. The third kappa shape index (κ3) is 3.80. The van der Waals surface area contributed by atoms with Crippen LogP contribution in [0.1, 0.15) is 18.4 Å². The molecule has 1 aliphatic rings. The van der Waals surface area contributed by atoms with Gasteiger partial charge in [0.1, 0.15) is 12.4 Å². The number of ether oxygens (including phenoxy) is 1. The van der Waals surface area contributed by atoms with Crippen LogP contribution >= 0.6 is 0 Å². The number of alkyl halides is 2. The molecule has 0 radical (unpaired) electrons. The highest BCUT2D eigenvalue weighted by Gasteiger charge is 2.17. The number of nitrogens with two attached hydrogens (primary N) is 1. The van der Waals surface area contributed by atoms with Gasteiger partial charge in [0.15, 0.2) is 0 Å². The van der Waals surface area contributed by atoms with Gasteiger partial charge in [0.05, 0.1) is 0 Å². The van der Waals surface area contributed by atoms with Crippen LogP contribution in [0.5, 0.6) is 5.75 Å². The van der Waals surface area contributed by atoms with Gasteiger partial charge in [-0.05, 0) is 43.5 Å². The van der Waals surface area contributed by atoms with Crippen LogP contribution in [0.15, 0.2) is 18.2 Å². The van der Waals surface area contributed by atoms with Crippen LogP contribution in [0.2, 0.25) is 0 Å². The molecule has 1 heterocycles. The topological polar surface area (TPSA) is 38.5 Å². The monoisotopic (exact) mass is 270 g/mol. The fraction of sp³-hybridized carbons (Fsp3) is 0.571. The molecule has 0 bridgehead atoms. The van der Waals surface area contributed by atoms with Crippen molar-refractivity contribution < 1.29 is 13.5 Å². The fourth-order valence-corrected chi connectivity index (χ4v) is 2.39. The SMILES string of the molecule is Cc1cc(N2CCCC(N)C2)ccc1OCC(F)F. The zero-order valence-corrected chi connectivity index (χ0v) is 11.1. The van der Waals surface area contributed by atoms with Crippen LogP contribution < -0.4 is 15.4 Å². The minimum absolute atomic E-state index is 0.212. The average Bonchev–Trinajstić information content (AvgIpc) is 2.37. The quantitative estimate of drug-likeness (QED) is 0.914. The first kappa shape index (κ1) is 14.1. The van der Waals surface area contributed by atoms with E-state index in [4.69, 9.17) is 10.5 Å². The number of hydrogen-bond acceptors (Lipinski definition) is 3. The van der Waals surface area contributed by atoms with E-state index >= 15 is 0 Å². The minimum Gasteiger partial charge on any atom is -0.487 e. The summed E-state index contributed by atoms with van der Waals surface area (Å²) in [4.78, 5) is 2.23.